The number of nitrogen functional groups attached to an aromatic ring is 1. The van der Waals surface area contributed by atoms with Crippen molar-refractivity contribution in [3.63, 3.8) is 0 Å². The highest BCUT2D eigenvalue weighted by molar-refractivity contribution is 7.27. The molecule has 3 nitrogen and oxygen atoms in total. The van der Waals surface area contributed by atoms with Crippen molar-refractivity contribution in [3.05, 3.63) is 151 Å². The molecule has 0 radical (unpaired) electrons. The van der Waals surface area contributed by atoms with Crippen LogP contribution in [0.2, 0.25) is 0 Å². The molecule has 0 aliphatic heterocycles. The van der Waals surface area contributed by atoms with Gasteiger partial charge in [-0.3, -0.25) is 5.41 Å². The third-order valence-corrected chi connectivity index (χ3v) is 9.88. The van der Waals surface area contributed by atoms with Crippen LogP contribution in [-0.2, 0) is 7.05 Å². The van der Waals surface area contributed by atoms with Crippen molar-refractivity contribution in [2.24, 2.45) is 7.05 Å². The number of aryl methyl sites for hydroxylation is 1. The van der Waals surface area contributed by atoms with E-state index in [1.54, 1.807) is 0 Å². The normalized spacial score (nSPS) is 11.5. The minimum atomic E-state index is 0.466. The fourth-order valence-electron chi connectivity index (χ4n) is 6.62. The summed E-state index contributed by atoms with van der Waals surface area (Å²) < 4.78 is 5.09. The van der Waals surface area contributed by atoms with Crippen LogP contribution in [0, 0.1) is 5.41 Å². The van der Waals surface area contributed by atoms with Crippen LogP contribution in [0.15, 0.2) is 140 Å². The molecule has 0 fully saturated rings. The Hall–Kier alpha value is -5.45. The van der Waals surface area contributed by atoms with Gasteiger partial charge < -0.3 is 10.3 Å². The van der Waals surface area contributed by atoms with Crippen LogP contribution >= 0.6 is 11.3 Å². The first-order valence-corrected chi connectivity index (χ1v) is 15.5. The molecule has 9 aromatic rings. The molecule has 4 heteroatoms. The number of benzene rings is 7. The van der Waals surface area contributed by atoms with Crippen molar-refractivity contribution in [3.8, 4) is 0 Å². The number of aromatic nitrogens is 1. The highest BCUT2D eigenvalue weighted by Gasteiger charge is 2.19. The van der Waals surface area contributed by atoms with Gasteiger partial charge in [-0.05, 0) is 35.0 Å². The van der Waals surface area contributed by atoms with Gasteiger partial charge >= 0.3 is 0 Å². The Bertz CT molecular complexity index is 2540. The zero-order valence-electron chi connectivity index (χ0n) is 24.2. The third kappa shape index (κ3) is 3.99. The molecule has 0 saturated carbocycles. The molecule has 0 saturated heterocycles. The summed E-state index contributed by atoms with van der Waals surface area (Å²) in [6.45, 7) is 0. The molecular formula is C40H29N3S. The Balaban J connectivity index is 0.000000163. The SMILES string of the molecule is Cn1c2ccccc2c2c3c(ccc21)c1ccccc1c1sc2ccccc2c13.N=C(c1ccccc1)c1ccccc1N. The molecule has 0 aliphatic rings. The maximum absolute atomic E-state index is 8.03. The Kier molecular flexibility index (Phi) is 6.17. The van der Waals surface area contributed by atoms with Gasteiger partial charge in [0.15, 0.2) is 0 Å². The summed E-state index contributed by atoms with van der Waals surface area (Å²) in [6.07, 6.45) is 0. The van der Waals surface area contributed by atoms with Crippen LogP contribution in [0.3, 0.4) is 0 Å². The number of nitrogens with zero attached hydrogens (tertiary/aromatic N) is 1. The predicted molar refractivity (Wildman–Crippen MR) is 192 cm³/mol. The molecule has 0 spiro atoms. The predicted octanol–water partition coefficient (Wildman–Crippen LogP) is 10.7. The Morgan fingerprint density at radius 2 is 1.18 bits per heavy atom. The van der Waals surface area contributed by atoms with Crippen molar-refractivity contribution >= 4 is 86.3 Å². The van der Waals surface area contributed by atoms with E-state index in [1.165, 1.54) is 63.5 Å². The first kappa shape index (κ1) is 26.2. The van der Waals surface area contributed by atoms with E-state index in [1.807, 2.05) is 65.9 Å². The van der Waals surface area contributed by atoms with Gasteiger partial charge in [0.1, 0.15) is 0 Å². The van der Waals surface area contributed by atoms with Crippen molar-refractivity contribution in [1.29, 1.82) is 5.41 Å². The van der Waals surface area contributed by atoms with E-state index in [2.05, 4.69) is 96.5 Å². The van der Waals surface area contributed by atoms with Crippen LogP contribution in [0.5, 0.6) is 0 Å². The molecule has 7 aromatic carbocycles. The van der Waals surface area contributed by atoms with Gasteiger partial charge in [0.05, 0.1) is 5.71 Å². The summed E-state index contributed by atoms with van der Waals surface area (Å²) in [4.78, 5) is 0. The average Bonchev–Trinajstić information content (AvgIpc) is 3.61. The van der Waals surface area contributed by atoms with E-state index in [4.69, 9.17) is 11.1 Å². The first-order valence-electron chi connectivity index (χ1n) is 14.7. The molecular weight excluding hydrogens is 555 g/mol. The van der Waals surface area contributed by atoms with Gasteiger partial charge in [-0.15, -0.1) is 11.3 Å². The Morgan fingerprint density at radius 3 is 1.98 bits per heavy atom. The molecule has 44 heavy (non-hydrogen) atoms. The zero-order chi connectivity index (χ0) is 29.8. The van der Waals surface area contributed by atoms with E-state index >= 15 is 0 Å². The fraction of sp³-hybridized carbons (Fsp3) is 0.0250. The van der Waals surface area contributed by atoms with Gasteiger partial charge in [0.25, 0.3) is 0 Å². The molecule has 0 atom stereocenters. The van der Waals surface area contributed by atoms with Crippen molar-refractivity contribution in [2.75, 3.05) is 5.73 Å². The summed E-state index contributed by atoms with van der Waals surface area (Å²) in [6, 6.07) is 48.2. The van der Waals surface area contributed by atoms with Crippen molar-refractivity contribution < 1.29 is 0 Å². The van der Waals surface area contributed by atoms with Crippen LogP contribution < -0.4 is 5.73 Å². The number of para-hydroxylation sites is 2. The van der Waals surface area contributed by atoms with Gasteiger partial charge in [-0.2, -0.15) is 0 Å². The number of anilines is 1. The number of thiophene rings is 1. The first-order chi connectivity index (χ1) is 21.6. The maximum Gasteiger partial charge on any atom is 0.0705 e. The van der Waals surface area contributed by atoms with Crippen LogP contribution in [-0.4, -0.2) is 10.3 Å². The van der Waals surface area contributed by atoms with Gasteiger partial charge in [-0.25, -0.2) is 0 Å². The smallest absolute Gasteiger partial charge is 0.0705 e. The van der Waals surface area contributed by atoms with E-state index in [0.29, 0.717) is 11.4 Å². The van der Waals surface area contributed by atoms with Gasteiger partial charge in [0.2, 0.25) is 0 Å². The lowest BCUT2D eigenvalue weighted by Crippen LogP contribution is -2.04. The lowest BCUT2D eigenvalue weighted by atomic mass is 9.94. The quantitative estimate of drug-likeness (QED) is 0.119. The Morgan fingerprint density at radius 1 is 0.545 bits per heavy atom. The van der Waals surface area contributed by atoms with E-state index < -0.39 is 0 Å². The minimum Gasteiger partial charge on any atom is -0.398 e. The topological polar surface area (TPSA) is 54.8 Å². The summed E-state index contributed by atoms with van der Waals surface area (Å²) in [7, 11) is 2.18. The standard InChI is InChI=1S/C27H17NS.C13H12N2/c1-28-21-12-6-4-10-19(21)24-22(28)15-14-17-16-8-2-3-9-18(16)27-26(25(17)24)20-11-5-7-13-23(20)29-27;14-12-9-5-4-8-11(12)13(15)10-6-2-1-3-7-10/h2-15H,1H3;1-9,15H,14H2. The second-order valence-corrected chi connectivity index (χ2v) is 12.2. The number of hydrogen-bond acceptors (Lipinski definition) is 3. The number of hydrogen-bond donors (Lipinski definition) is 2. The second kappa shape index (κ2) is 10.4. The highest BCUT2D eigenvalue weighted by Crippen LogP contribution is 2.47. The van der Waals surface area contributed by atoms with Gasteiger partial charge in [-0.1, -0.05) is 115 Å². The summed E-state index contributed by atoms with van der Waals surface area (Å²) in [5.74, 6) is 0. The molecule has 2 aromatic heterocycles. The Labute approximate surface area is 258 Å². The summed E-state index contributed by atoms with van der Waals surface area (Å²) >= 11 is 1.92. The molecule has 0 aliphatic carbocycles. The van der Waals surface area contributed by atoms with Crippen molar-refractivity contribution in [1.82, 2.24) is 4.57 Å². The average molecular weight is 584 g/mol. The van der Waals surface area contributed by atoms with Crippen LogP contribution in [0.25, 0.3) is 63.5 Å². The minimum absolute atomic E-state index is 0.466. The lowest BCUT2D eigenvalue weighted by Gasteiger charge is -2.09. The lowest BCUT2D eigenvalue weighted by molar-refractivity contribution is 1.01. The summed E-state index contributed by atoms with van der Waals surface area (Å²) in [5, 5.41) is 19.0. The largest absolute Gasteiger partial charge is 0.398 e. The highest BCUT2D eigenvalue weighted by atomic mass is 32.1. The molecule has 0 amide bonds. The fourth-order valence-corrected chi connectivity index (χ4v) is 7.87. The van der Waals surface area contributed by atoms with Gasteiger partial charge in [0, 0.05) is 76.6 Å². The second-order valence-electron chi connectivity index (χ2n) is 11.1. The van der Waals surface area contributed by atoms with E-state index in [9.17, 15) is 0 Å². The van der Waals surface area contributed by atoms with E-state index in [-0.39, 0.29) is 0 Å². The monoisotopic (exact) mass is 583 g/mol. The molecule has 2 heterocycles. The number of nitrogens with one attached hydrogen (secondary N) is 1. The maximum atomic E-state index is 8.03. The third-order valence-electron chi connectivity index (χ3n) is 8.68. The number of nitrogens with two attached hydrogens (primary N) is 1. The van der Waals surface area contributed by atoms with Crippen LogP contribution in [0.1, 0.15) is 11.1 Å². The summed E-state index contributed by atoms with van der Waals surface area (Å²) in [5.41, 5.74) is 11.2. The zero-order valence-corrected chi connectivity index (χ0v) is 25.0. The molecule has 0 unspecified atom stereocenters. The molecule has 3 N–H and O–H groups in total. The van der Waals surface area contributed by atoms with Crippen molar-refractivity contribution in [2.45, 2.75) is 0 Å². The molecule has 9 rings (SSSR count). The number of fused-ring (bicyclic) bond motifs is 12. The molecule has 0 bridgehead atoms. The number of rotatable bonds is 2. The van der Waals surface area contributed by atoms with Crippen LogP contribution in [0.4, 0.5) is 5.69 Å². The van der Waals surface area contributed by atoms with E-state index in [0.717, 1.165) is 11.1 Å². The molecule has 210 valence electrons.